The number of hydrogen-bond acceptors (Lipinski definition) is 2. The van der Waals surface area contributed by atoms with Crippen molar-refractivity contribution in [2.75, 3.05) is 42.9 Å². The number of nitrogens with zero attached hydrogens (tertiary/aromatic N) is 1. The molecule has 1 saturated heterocycles. The number of carbonyl (C=O) groups is 1. The Hall–Kier alpha value is -2.11. The molecule has 0 bridgehead atoms. The summed E-state index contributed by atoms with van der Waals surface area (Å²) in [7, 11) is 0. The normalized spacial score (nSPS) is 15.3. The number of aryl methyl sites for hydroxylation is 1. The zero-order valence-electron chi connectivity index (χ0n) is 13.8. The summed E-state index contributed by atoms with van der Waals surface area (Å²) in [5, 5.41) is 3.50. The lowest BCUT2D eigenvalue weighted by atomic mass is 10.2. The monoisotopic (exact) mass is 346 g/mol. The van der Waals surface area contributed by atoms with Crippen molar-refractivity contribution in [2.45, 2.75) is 6.92 Å². The van der Waals surface area contributed by atoms with Crippen molar-refractivity contribution in [1.29, 1.82) is 0 Å². The molecule has 3 N–H and O–H groups in total. The van der Waals surface area contributed by atoms with Gasteiger partial charge in [0.1, 0.15) is 26.2 Å². The third-order valence-corrected chi connectivity index (χ3v) is 4.63. The fourth-order valence-corrected chi connectivity index (χ4v) is 3.25. The molecule has 0 unspecified atom stereocenters. The standard InChI is InChI=1S/C18H21ClN4O/c1-14-5-6-16(15(19)12-14)21-18(24)13-22-8-10-23(11-9-22)17-4-2-3-7-20-17/h2-7,12H,8-11,13H2,1H3,(H,21,24)/p+2. The van der Waals surface area contributed by atoms with Gasteiger partial charge in [0, 0.05) is 6.07 Å². The number of quaternary nitrogens is 1. The highest BCUT2D eigenvalue weighted by molar-refractivity contribution is 6.33. The molecule has 6 heteroatoms. The van der Waals surface area contributed by atoms with Gasteiger partial charge in [-0.3, -0.25) is 9.69 Å². The smallest absolute Gasteiger partial charge is 0.279 e. The number of hydrogen-bond donors (Lipinski definition) is 2. The quantitative estimate of drug-likeness (QED) is 0.860. The highest BCUT2D eigenvalue weighted by Crippen LogP contribution is 2.22. The van der Waals surface area contributed by atoms with Crippen LogP contribution in [0.3, 0.4) is 0 Å². The molecule has 3 rings (SSSR count). The summed E-state index contributed by atoms with van der Waals surface area (Å²) >= 11 is 6.17. The first kappa shape index (κ1) is 16.7. The molecule has 1 amide bonds. The number of aromatic amines is 1. The molecule has 1 aliphatic heterocycles. The highest BCUT2D eigenvalue weighted by Gasteiger charge is 2.27. The number of aromatic nitrogens is 1. The average Bonchev–Trinajstić information content (AvgIpc) is 2.59. The maximum Gasteiger partial charge on any atom is 0.279 e. The first-order valence-electron chi connectivity index (χ1n) is 8.23. The molecule has 0 radical (unpaired) electrons. The lowest BCUT2D eigenvalue weighted by molar-refractivity contribution is -0.892. The highest BCUT2D eigenvalue weighted by atomic mass is 35.5. The van der Waals surface area contributed by atoms with Gasteiger partial charge in [0.2, 0.25) is 0 Å². The van der Waals surface area contributed by atoms with Crippen LogP contribution in [-0.4, -0.2) is 38.6 Å². The van der Waals surface area contributed by atoms with Crippen molar-refractivity contribution in [1.82, 2.24) is 0 Å². The molecule has 2 heterocycles. The second-order valence-corrected chi connectivity index (χ2v) is 6.60. The van der Waals surface area contributed by atoms with Gasteiger partial charge in [0.25, 0.3) is 11.7 Å². The van der Waals surface area contributed by atoms with Crippen LogP contribution in [0.1, 0.15) is 5.56 Å². The van der Waals surface area contributed by atoms with E-state index in [2.05, 4.69) is 21.3 Å². The number of amides is 1. The van der Waals surface area contributed by atoms with Gasteiger partial charge in [-0.2, -0.15) is 0 Å². The average molecular weight is 347 g/mol. The summed E-state index contributed by atoms with van der Waals surface area (Å²) in [5.41, 5.74) is 1.77. The molecule has 0 atom stereocenters. The Bertz CT molecular complexity index is 699. The van der Waals surface area contributed by atoms with Crippen LogP contribution < -0.4 is 20.1 Å². The number of nitrogens with one attached hydrogen (secondary N) is 3. The van der Waals surface area contributed by atoms with Gasteiger partial charge in [0.15, 0.2) is 6.54 Å². The summed E-state index contributed by atoms with van der Waals surface area (Å²) in [6.45, 7) is 6.21. The van der Waals surface area contributed by atoms with Crippen molar-refractivity contribution < 1.29 is 14.7 Å². The molecular formula is C18H23ClN4O+2. The number of benzene rings is 1. The number of anilines is 2. The van der Waals surface area contributed by atoms with Gasteiger partial charge < -0.3 is 10.2 Å². The van der Waals surface area contributed by atoms with Crippen LogP contribution in [0.5, 0.6) is 0 Å². The minimum atomic E-state index is 0.00970. The van der Waals surface area contributed by atoms with Crippen molar-refractivity contribution in [3.05, 3.63) is 53.2 Å². The number of piperazine rings is 1. The van der Waals surface area contributed by atoms with Crippen molar-refractivity contribution in [2.24, 2.45) is 0 Å². The van der Waals surface area contributed by atoms with Gasteiger partial charge in [-0.05, 0) is 30.7 Å². The molecule has 126 valence electrons. The molecule has 1 fully saturated rings. The van der Waals surface area contributed by atoms with E-state index in [-0.39, 0.29) is 5.91 Å². The first-order chi connectivity index (χ1) is 11.6. The third kappa shape index (κ3) is 4.24. The lowest BCUT2D eigenvalue weighted by Crippen LogP contribution is -3.15. The van der Waals surface area contributed by atoms with E-state index in [1.165, 1.54) is 4.90 Å². The van der Waals surface area contributed by atoms with Gasteiger partial charge >= 0.3 is 0 Å². The van der Waals surface area contributed by atoms with E-state index in [1.54, 1.807) is 0 Å². The van der Waals surface area contributed by atoms with Gasteiger partial charge in [-0.15, -0.1) is 0 Å². The molecule has 1 aromatic carbocycles. The number of rotatable bonds is 4. The number of carbonyl (C=O) groups excluding carboxylic acids is 1. The molecule has 2 aromatic rings. The fourth-order valence-electron chi connectivity index (χ4n) is 2.96. The number of pyridine rings is 1. The Morgan fingerprint density at radius 1 is 1.29 bits per heavy atom. The lowest BCUT2D eigenvalue weighted by Gasteiger charge is -2.27. The predicted molar refractivity (Wildman–Crippen MR) is 95.6 cm³/mol. The van der Waals surface area contributed by atoms with Crippen LogP contribution in [0.25, 0.3) is 0 Å². The minimum absolute atomic E-state index is 0.00970. The Morgan fingerprint density at radius 2 is 2.08 bits per heavy atom. The van der Waals surface area contributed by atoms with Crippen LogP contribution in [0.15, 0.2) is 42.6 Å². The summed E-state index contributed by atoms with van der Waals surface area (Å²) in [5.74, 6) is 1.14. The second-order valence-electron chi connectivity index (χ2n) is 6.19. The van der Waals surface area contributed by atoms with Crippen molar-refractivity contribution in [3.63, 3.8) is 0 Å². The molecule has 1 aromatic heterocycles. The zero-order valence-corrected chi connectivity index (χ0v) is 14.6. The van der Waals surface area contributed by atoms with E-state index in [1.807, 2.05) is 43.5 Å². The molecule has 0 saturated carbocycles. The van der Waals surface area contributed by atoms with Gasteiger partial charge in [-0.1, -0.05) is 23.7 Å². The molecule has 1 aliphatic rings. The molecule has 5 nitrogen and oxygen atoms in total. The molecule has 0 spiro atoms. The summed E-state index contributed by atoms with van der Waals surface area (Å²) in [6.07, 6.45) is 1.94. The van der Waals surface area contributed by atoms with Crippen LogP contribution in [-0.2, 0) is 4.79 Å². The largest absolute Gasteiger partial charge is 0.321 e. The Kier molecular flexibility index (Phi) is 5.33. The van der Waals surface area contributed by atoms with E-state index in [0.29, 0.717) is 17.3 Å². The molecule has 0 aliphatic carbocycles. The summed E-state index contributed by atoms with van der Waals surface area (Å²) in [4.78, 5) is 19.1. The Labute approximate surface area is 147 Å². The summed E-state index contributed by atoms with van der Waals surface area (Å²) in [6, 6.07) is 11.8. The van der Waals surface area contributed by atoms with E-state index in [4.69, 9.17) is 11.6 Å². The van der Waals surface area contributed by atoms with E-state index in [9.17, 15) is 4.79 Å². The van der Waals surface area contributed by atoms with Crippen LogP contribution in [0.2, 0.25) is 5.02 Å². The molecule has 24 heavy (non-hydrogen) atoms. The zero-order chi connectivity index (χ0) is 16.9. The SMILES string of the molecule is Cc1ccc(NC(=O)C[NH+]2CCN(c3cccc[nH+]3)CC2)c(Cl)c1. The van der Waals surface area contributed by atoms with E-state index < -0.39 is 0 Å². The van der Waals surface area contributed by atoms with Gasteiger partial charge in [-0.25, -0.2) is 4.98 Å². The Balaban J connectivity index is 1.50. The van der Waals surface area contributed by atoms with Crippen LogP contribution >= 0.6 is 11.6 Å². The minimum Gasteiger partial charge on any atom is -0.321 e. The predicted octanol–water partition coefficient (Wildman–Crippen LogP) is 0.806. The Morgan fingerprint density at radius 3 is 2.75 bits per heavy atom. The first-order valence-corrected chi connectivity index (χ1v) is 8.61. The maximum atomic E-state index is 12.3. The maximum absolute atomic E-state index is 12.3. The number of H-pyrrole nitrogens is 1. The second kappa shape index (κ2) is 7.64. The van der Waals surface area contributed by atoms with Crippen molar-refractivity contribution >= 4 is 29.0 Å². The topological polar surface area (TPSA) is 50.9 Å². The number of halogens is 1. The third-order valence-electron chi connectivity index (χ3n) is 4.31. The fraction of sp³-hybridized carbons (Fsp3) is 0.333. The summed E-state index contributed by atoms with van der Waals surface area (Å²) < 4.78 is 0. The van der Waals surface area contributed by atoms with Gasteiger partial charge in [0.05, 0.1) is 16.9 Å². The molecular weight excluding hydrogens is 324 g/mol. The van der Waals surface area contributed by atoms with Crippen LogP contribution in [0.4, 0.5) is 11.5 Å². The van der Waals surface area contributed by atoms with Crippen molar-refractivity contribution in [3.8, 4) is 0 Å². The van der Waals surface area contributed by atoms with E-state index in [0.717, 1.165) is 37.6 Å². The van der Waals surface area contributed by atoms with E-state index >= 15 is 0 Å². The van der Waals surface area contributed by atoms with Crippen LogP contribution in [0, 0.1) is 6.92 Å².